The molecule has 0 spiro atoms. The number of rotatable bonds is 7. The molecule has 29 heavy (non-hydrogen) atoms. The van der Waals surface area contributed by atoms with Gasteiger partial charge in [-0.2, -0.15) is 0 Å². The molecule has 0 fully saturated rings. The van der Waals surface area contributed by atoms with E-state index in [4.69, 9.17) is 9.15 Å². The quantitative estimate of drug-likeness (QED) is 0.618. The molecule has 1 aromatic heterocycles. The van der Waals surface area contributed by atoms with E-state index in [-0.39, 0.29) is 11.6 Å². The van der Waals surface area contributed by atoms with E-state index in [1.165, 1.54) is 18.2 Å². The molecule has 2 aromatic carbocycles. The first kappa shape index (κ1) is 20.1. The lowest BCUT2D eigenvalue weighted by Crippen LogP contribution is -2.28. The van der Waals surface area contributed by atoms with Crippen LogP contribution in [0.25, 0.3) is 11.3 Å². The minimum atomic E-state index is -0.746. The fourth-order valence-electron chi connectivity index (χ4n) is 2.58. The highest BCUT2D eigenvalue weighted by atomic mass is 19.1. The minimum Gasteiger partial charge on any atom is -0.450 e. The van der Waals surface area contributed by atoms with E-state index in [1.54, 1.807) is 18.2 Å². The number of carbonyl (C=O) groups excluding carboxylic acids is 2. The first-order chi connectivity index (χ1) is 13.9. The Morgan fingerprint density at radius 2 is 1.69 bits per heavy atom. The van der Waals surface area contributed by atoms with Crippen molar-refractivity contribution in [3.63, 3.8) is 0 Å². The monoisotopic (exact) mass is 396 g/mol. The lowest BCUT2D eigenvalue weighted by molar-refractivity contribution is -0.124. The number of furan rings is 1. The fourth-order valence-corrected chi connectivity index (χ4v) is 2.58. The van der Waals surface area contributed by atoms with Gasteiger partial charge in [-0.15, -0.1) is 0 Å². The lowest BCUT2D eigenvalue weighted by Gasteiger charge is -2.13. The molecule has 3 rings (SSSR count). The summed E-state index contributed by atoms with van der Waals surface area (Å²) in [7, 11) is 3.90. The van der Waals surface area contributed by atoms with Crippen LogP contribution in [0.3, 0.4) is 0 Å². The largest absolute Gasteiger partial charge is 0.450 e. The first-order valence-electron chi connectivity index (χ1n) is 8.98. The van der Waals surface area contributed by atoms with Crippen LogP contribution in [0.5, 0.6) is 0 Å². The van der Waals surface area contributed by atoms with Crippen LogP contribution in [0, 0.1) is 5.82 Å². The number of benzene rings is 2. The number of carbonyl (C=O) groups is 2. The molecule has 0 aliphatic heterocycles. The number of ether oxygens (including phenoxy) is 1. The molecule has 0 saturated carbocycles. The second-order valence-electron chi connectivity index (χ2n) is 6.58. The van der Waals surface area contributed by atoms with E-state index in [1.807, 2.05) is 43.3 Å². The second kappa shape index (κ2) is 9.05. The minimum absolute atomic E-state index is 0.0311. The van der Waals surface area contributed by atoms with Gasteiger partial charge < -0.3 is 19.4 Å². The maximum atomic E-state index is 13.0. The number of nitrogens with zero attached hydrogens (tertiary/aromatic N) is 1. The highest BCUT2D eigenvalue weighted by Crippen LogP contribution is 2.22. The van der Waals surface area contributed by atoms with Crippen LogP contribution in [0.15, 0.2) is 65.1 Å². The van der Waals surface area contributed by atoms with Crippen LogP contribution in [-0.2, 0) is 16.1 Å². The van der Waals surface area contributed by atoms with Crippen molar-refractivity contribution < 1.29 is 23.1 Å². The normalized spacial score (nSPS) is 10.4. The van der Waals surface area contributed by atoms with Crippen molar-refractivity contribution in [3.8, 4) is 11.3 Å². The predicted octanol–water partition coefficient (Wildman–Crippen LogP) is 3.62. The third-order valence-corrected chi connectivity index (χ3v) is 4.21. The van der Waals surface area contributed by atoms with Crippen LogP contribution >= 0.6 is 0 Å². The van der Waals surface area contributed by atoms with E-state index >= 15 is 0 Å². The Morgan fingerprint density at radius 3 is 2.34 bits per heavy atom. The molecule has 0 unspecified atom stereocenters. The molecule has 0 aliphatic rings. The van der Waals surface area contributed by atoms with Gasteiger partial charge in [-0.05, 0) is 54.1 Å². The van der Waals surface area contributed by atoms with Gasteiger partial charge in [0.1, 0.15) is 11.6 Å². The second-order valence-corrected chi connectivity index (χ2v) is 6.58. The van der Waals surface area contributed by atoms with E-state index in [0.717, 1.165) is 11.3 Å². The molecule has 0 radical (unpaired) electrons. The summed E-state index contributed by atoms with van der Waals surface area (Å²) in [5.74, 6) is -1.15. The maximum Gasteiger partial charge on any atom is 0.374 e. The van der Waals surface area contributed by atoms with Crippen molar-refractivity contribution in [1.82, 2.24) is 5.32 Å². The van der Waals surface area contributed by atoms with Crippen LogP contribution in [-0.4, -0.2) is 32.6 Å². The third kappa shape index (κ3) is 5.44. The van der Waals surface area contributed by atoms with Crippen molar-refractivity contribution >= 4 is 17.6 Å². The number of halogens is 1. The zero-order valence-corrected chi connectivity index (χ0v) is 16.1. The van der Waals surface area contributed by atoms with E-state index in [2.05, 4.69) is 5.32 Å². The number of amides is 1. The topological polar surface area (TPSA) is 71.8 Å². The number of hydrogen-bond donors (Lipinski definition) is 1. The molecule has 7 heteroatoms. The third-order valence-electron chi connectivity index (χ3n) is 4.21. The van der Waals surface area contributed by atoms with Crippen molar-refractivity contribution in [2.24, 2.45) is 0 Å². The predicted molar refractivity (Wildman–Crippen MR) is 107 cm³/mol. The van der Waals surface area contributed by atoms with Gasteiger partial charge in [0.15, 0.2) is 6.61 Å². The highest BCUT2D eigenvalue weighted by Gasteiger charge is 2.15. The van der Waals surface area contributed by atoms with Gasteiger partial charge in [-0.25, -0.2) is 9.18 Å². The number of esters is 1. The van der Waals surface area contributed by atoms with E-state index in [0.29, 0.717) is 17.9 Å². The van der Waals surface area contributed by atoms with Gasteiger partial charge in [0.25, 0.3) is 5.91 Å². The van der Waals surface area contributed by atoms with E-state index in [9.17, 15) is 14.0 Å². The van der Waals surface area contributed by atoms with Gasteiger partial charge in [0, 0.05) is 31.9 Å². The summed E-state index contributed by atoms with van der Waals surface area (Å²) >= 11 is 0. The molecule has 1 N–H and O–H groups in total. The summed E-state index contributed by atoms with van der Waals surface area (Å²) in [5, 5.41) is 2.69. The van der Waals surface area contributed by atoms with Crippen molar-refractivity contribution in [2.75, 3.05) is 25.6 Å². The van der Waals surface area contributed by atoms with Gasteiger partial charge in [0.05, 0.1) is 0 Å². The number of anilines is 1. The molecule has 3 aromatic rings. The molecule has 150 valence electrons. The van der Waals surface area contributed by atoms with Crippen LogP contribution in [0.4, 0.5) is 10.1 Å². The van der Waals surface area contributed by atoms with Crippen molar-refractivity contribution in [3.05, 3.63) is 77.8 Å². The Hall–Kier alpha value is -3.61. The smallest absolute Gasteiger partial charge is 0.374 e. The molecule has 1 amide bonds. The average Bonchev–Trinajstić information content (AvgIpc) is 3.21. The average molecular weight is 396 g/mol. The van der Waals surface area contributed by atoms with Crippen molar-refractivity contribution in [1.29, 1.82) is 0 Å². The Labute approximate surface area is 167 Å². The molecule has 0 atom stereocenters. The Bertz CT molecular complexity index is 979. The standard InChI is InChI=1S/C22H21FN2O4/c1-25(2)18-9-3-15(4-10-18)13-24-21(26)14-28-22(27)20-12-11-19(29-20)16-5-7-17(23)8-6-16/h3-12H,13-14H2,1-2H3,(H,24,26). The van der Waals surface area contributed by atoms with Crippen molar-refractivity contribution in [2.45, 2.75) is 6.54 Å². The number of hydrogen-bond acceptors (Lipinski definition) is 5. The fraction of sp³-hybridized carbons (Fsp3) is 0.182. The highest BCUT2D eigenvalue weighted by molar-refractivity contribution is 5.89. The summed E-state index contributed by atoms with van der Waals surface area (Å²) < 4.78 is 23.4. The molecule has 1 heterocycles. The number of nitrogens with one attached hydrogen (secondary N) is 1. The molecule has 0 saturated heterocycles. The van der Waals surface area contributed by atoms with Crippen LogP contribution in [0.2, 0.25) is 0 Å². The Balaban J connectivity index is 1.47. The molecule has 0 bridgehead atoms. The maximum absolute atomic E-state index is 13.0. The summed E-state index contributed by atoms with van der Waals surface area (Å²) in [6.45, 7) is -0.0826. The zero-order chi connectivity index (χ0) is 20.8. The molecular formula is C22H21FN2O4. The summed E-state index contributed by atoms with van der Waals surface area (Å²) in [4.78, 5) is 26.0. The van der Waals surface area contributed by atoms with Gasteiger partial charge in [0.2, 0.25) is 5.76 Å². The van der Waals surface area contributed by atoms with Gasteiger partial charge in [-0.1, -0.05) is 12.1 Å². The molecule has 6 nitrogen and oxygen atoms in total. The molecule has 0 aliphatic carbocycles. The molecular weight excluding hydrogens is 375 g/mol. The van der Waals surface area contributed by atoms with E-state index < -0.39 is 18.5 Å². The Morgan fingerprint density at radius 1 is 1.00 bits per heavy atom. The zero-order valence-electron chi connectivity index (χ0n) is 16.1. The van der Waals surface area contributed by atoms with Crippen LogP contribution < -0.4 is 10.2 Å². The van der Waals surface area contributed by atoms with Crippen LogP contribution in [0.1, 0.15) is 16.1 Å². The van der Waals surface area contributed by atoms with Gasteiger partial charge in [-0.3, -0.25) is 4.79 Å². The lowest BCUT2D eigenvalue weighted by atomic mass is 10.2. The van der Waals surface area contributed by atoms with Gasteiger partial charge >= 0.3 is 5.97 Å². The Kier molecular flexibility index (Phi) is 6.29. The summed E-state index contributed by atoms with van der Waals surface area (Å²) in [6.07, 6.45) is 0. The SMILES string of the molecule is CN(C)c1ccc(CNC(=O)COC(=O)c2ccc(-c3ccc(F)cc3)o2)cc1. The summed E-state index contributed by atoms with van der Waals surface area (Å²) in [5.41, 5.74) is 2.63. The first-order valence-corrected chi connectivity index (χ1v) is 8.98. The summed E-state index contributed by atoms with van der Waals surface area (Å²) in [6, 6.07) is 16.5.